The molecule has 5 aromatic rings. The number of ketones is 1. The third-order valence-corrected chi connectivity index (χ3v) is 9.08. The predicted molar refractivity (Wildman–Crippen MR) is 200 cm³/mol. The number of aliphatic hydroxyl groups is 1. The standard InChI is InChI=1S/C30H29N2O.C13H24O2.Ir/c1-19(2)12-24-14-22-11-10-21(16-29(22)33-24)27-17-28(32-18-31-27)23-13-20-8-6-7-9-25(20)26(15-23)30(3,4)5;1-5-10(6-2)12(14)9-13(15)11(7-3)8-4;/h6-11,14-19H,12H2,1-5H3;9-11,14H,5-8H2,1-4H3;/q-1;;/b;12-9-;. The second-order valence-electron chi connectivity index (χ2n) is 14.2. The summed E-state index contributed by atoms with van der Waals surface area (Å²) in [4.78, 5) is 20.9. The van der Waals surface area contributed by atoms with Crippen LogP contribution in [0.4, 0.5) is 0 Å². The van der Waals surface area contributed by atoms with Gasteiger partial charge in [0.25, 0.3) is 0 Å². The molecule has 2 aromatic heterocycles. The summed E-state index contributed by atoms with van der Waals surface area (Å²) in [5.74, 6) is 2.14. The molecule has 5 rings (SSSR count). The van der Waals surface area contributed by atoms with Crippen LogP contribution < -0.4 is 0 Å². The van der Waals surface area contributed by atoms with Gasteiger partial charge in [0.05, 0.1) is 11.5 Å². The maximum absolute atomic E-state index is 11.7. The van der Waals surface area contributed by atoms with Crippen LogP contribution in [-0.2, 0) is 36.7 Å². The van der Waals surface area contributed by atoms with Crippen molar-refractivity contribution >= 4 is 27.5 Å². The summed E-state index contributed by atoms with van der Waals surface area (Å²) >= 11 is 0. The molecule has 0 saturated heterocycles. The van der Waals surface area contributed by atoms with E-state index in [9.17, 15) is 9.90 Å². The molecule has 3 aromatic carbocycles. The molecule has 1 N–H and O–H groups in total. The van der Waals surface area contributed by atoms with Gasteiger partial charge in [0.2, 0.25) is 0 Å². The van der Waals surface area contributed by atoms with Gasteiger partial charge < -0.3 is 9.52 Å². The largest absolute Gasteiger partial charge is 0.512 e. The Balaban J connectivity index is 0.000000347. The summed E-state index contributed by atoms with van der Waals surface area (Å²) in [6.07, 6.45) is 7.49. The fourth-order valence-corrected chi connectivity index (χ4v) is 6.18. The molecule has 0 aliphatic rings. The number of allylic oxidation sites excluding steroid dienone is 2. The predicted octanol–water partition coefficient (Wildman–Crippen LogP) is 11.9. The Morgan fingerprint density at radius 3 is 2.16 bits per heavy atom. The van der Waals surface area contributed by atoms with Crippen molar-refractivity contribution in [1.82, 2.24) is 9.97 Å². The SMILES string of the molecule is CC(C)Cc1cc2ccc(-c3cc(-c4[c-]c5ccccc5c(C(C)(C)C)c4)ncn3)cc2o1.CCC(CC)C(=O)/C=C(\O)C(CC)CC.[Ir]. The molecule has 1 radical (unpaired) electrons. The molecule has 0 atom stereocenters. The quantitative estimate of drug-likeness (QED) is 0.0815. The van der Waals surface area contributed by atoms with Crippen molar-refractivity contribution in [3.05, 3.63) is 96.2 Å². The van der Waals surface area contributed by atoms with E-state index in [0.29, 0.717) is 5.92 Å². The van der Waals surface area contributed by atoms with Crippen molar-refractivity contribution in [3.63, 3.8) is 0 Å². The molecule has 0 saturated carbocycles. The Bertz CT molecular complexity index is 1860. The molecule has 2 heterocycles. The van der Waals surface area contributed by atoms with Gasteiger partial charge in [-0.05, 0) is 55.2 Å². The maximum atomic E-state index is 11.7. The number of carbonyl (C=O) groups excluding carboxylic acids is 1. The van der Waals surface area contributed by atoms with Gasteiger partial charge in [-0.2, -0.15) is 0 Å². The zero-order chi connectivity index (χ0) is 35.0. The first-order valence-electron chi connectivity index (χ1n) is 17.6. The number of hydrogen-bond donors (Lipinski definition) is 1. The van der Waals surface area contributed by atoms with Crippen molar-refractivity contribution in [2.75, 3.05) is 0 Å². The molecule has 5 nitrogen and oxygen atoms in total. The topological polar surface area (TPSA) is 76.2 Å². The number of aliphatic hydroxyl groups excluding tert-OH is 1. The first kappa shape index (κ1) is 39.8. The van der Waals surface area contributed by atoms with Gasteiger partial charge in [0, 0.05) is 61.1 Å². The van der Waals surface area contributed by atoms with Gasteiger partial charge in [0.1, 0.15) is 17.7 Å². The fraction of sp³-hybridized carbons (Fsp3) is 0.419. The average molecular weight is 838 g/mol. The van der Waals surface area contributed by atoms with Gasteiger partial charge in [-0.1, -0.05) is 104 Å². The first-order chi connectivity index (χ1) is 22.9. The normalized spacial score (nSPS) is 12.0. The number of aromatic nitrogens is 2. The minimum Gasteiger partial charge on any atom is -0.512 e. The molecule has 0 unspecified atom stereocenters. The molecular weight excluding hydrogens is 785 g/mol. The smallest absolute Gasteiger partial charge is 0.162 e. The van der Waals surface area contributed by atoms with Crippen LogP contribution in [-0.4, -0.2) is 20.9 Å². The molecule has 0 amide bonds. The number of furan rings is 1. The Labute approximate surface area is 307 Å². The Morgan fingerprint density at radius 2 is 1.53 bits per heavy atom. The van der Waals surface area contributed by atoms with E-state index in [1.165, 1.54) is 17.0 Å². The second-order valence-corrected chi connectivity index (χ2v) is 14.2. The van der Waals surface area contributed by atoms with Gasteiger partial charge >= 0.3 is 0 Å². The van der Waals surface area contributed by atoms with E-state index in [1.807, 2.05) is 33.8 Å². The van der Waals surface area contributed by atoms with Crippen LogP contribution in [0, 0.1) is 23.8 Å². The third-order valence-electron chi connectivity index (χ3n) is 9.08. The first-order valence-corrected chi connectivity index (χ1v) is 17.6. The van der Waals surface area contributed by atoms with Crippen LogP contribution in [0.15, 0.2) is 83.2 Å². The minimum atomic E-state index is 0. The van der Waals surface area contributed by atoms with E-state index in [-0.39, 0.29) is 48.9 Å². The minimum absolute atomic E-state index is 0. The summed E-state index contributed by atoms with van der Waals surface area (Å²) < 4.78 is 6.11. The summed E-state index contributed by atoms with van der Waals surface area (Å²) in [6, 6.07) is 24.7. The second kappa shape index (κ2) is 17.9. The van der Waals surface area contributed by atoms with E-state index < -0.39 is 0 Å². The van der Waals surface area contributed by atoms with E-state index in [2.05, 4.69) is 105 Å². The number of fused-ring (bicyclic) bond motifs is 2. The van der Waals surface area contributed by atoms with Crippen LogP contribution in [0.1, 0.15) is 99.3 Å². The summed E-state index contributed by atoms with van der Waals surface area (Å²) in [5, 5.41) is 13.2. The molecule has 0 spiro atoms. The van der Waals surface area contributed by atoms with Crippen molar-refractivity contribution in [3.8, 4) is 22.5 Å². The third kappa shape index (κ3) is 10.2. The fourth-order valence-electron chi connectivity index (χ4n) is 6.18. The molecule has 0 bridgehead atoms. The number of benzene rings is 3. The number of rotatable bonds is 11. The average Bonchev–Trinajstić information content (AvgIpc) is 3.46. The van der Waals surface area contributed by atoms with Crippen LogP contribution in [0.25, 0.3) is 44.3 Å². The Kier molecular flexibility index (Phi) is 14.5. The van der Waals surface area contributed by atoms with Gasteiger partial charge in [-0.25, -0.2) is 4.98 Å². The molecule has 0 fully saturated rings. The maximum Gasteiger partial charge on any atom is 0.162 e. The van der Waals surface area contributed by atoms with Gasteiger partial charge in [0.15, 0.2) is 5.78 Å². The van der Waals surface area contributed by atoms with Crippen molar-refractivity contribution in [2.45, 2.75) is 99.8 Å². The van der Waals surface area contributed by atoms with E-state index in [4.69, 9.17) is 4.42 Å². The van der Waals surface area contributed by atoms with Crippen molar-refractivity contribution in [2.24, 2.45) is 17.8 Å². The van der Waals surface area contributed by atoms with Crippen LogP contribution >= 0.6 is 0 Å². The van der Waals surface area contributed by atoms with Crippen molar-refractivity contribution in [1.29, 1.82) is 0 Å². The molecular formula is C43H53IrN2O3-. The van der Waals surface area contributed by atoms with Gasteiger partial charge in [-0.15, -0.1) is 29.1 Å². The zero-order valence-electron chi connectivity index (χ0n) is 30.7. The number of hydrogen-bond acceptors (Lipinski definition) is 5. The van der Waals surface area contributed by atoms with Crippen LogP contribution in [0.2, 0.25) is 0 Å². The molecule has 263 valence electrons. The zero-order valence-corrected chi connectivity index (χ0v) is 33.1. The Morgan fingerprint density at radius 1 is 0.878 bits per heavy atom. The summed E-state index contributed by atoms with van der Waals surface area (Å²) in [5.41, 5.74) is 5.96. The molecule has 0 aliphatic heterocycles. The molecule has 49 heavy (non-hydrogen) atoms. The van der Waals surface area contributed by atoms with Gasteiger partial charge in [-0.3, -0.25) is 9.78 Å². The van der Waals surface area contributed by atoms with E-state index in [0.717, 1.165) is 76.7 Å². The molecule has 0 aliphatic carbocycles. The van der Waals surface area contributed by atoms with Crippen molar-refractivity contribution < 1.29 is 34.4 Å². The monoisotopic (exact) mass is 838 g/mol. The summed E-state index contributed by atoms with van der Waals surface area (Å²) in [6.45, 7) is 19.2. The van der Waals surface area contributed by atoms with E-state index >= 15 is 0 Å². The van der Waals surface area contributed by atoms with Crippen LogP contribution in [0.5, 0.6) is 0 Å². The van der Waals surface area contributed by atoms with Crippen LogP contribution in [0.3, 0.4) is 0 Å². The summed E-state index contributed by atoms with van der Waals surface area (Å²) in [7, 11) is 0. The molecule has 6 heteroatoms. The number of carbonyl (C=O) groups is 1. The number of nitrogens with zero attached hydrogens (tertiary/aromatic N) is 2. The van der Waals surface area contributed by atoms with E-state index in [1.54, 1.807) is 6.33 Å². The Hall–Kier alpha value is -3.60.